The largest absolute Gasteiger partial charge is 0.355 e. The number of halogens is 1. The lowest BCUT2D eigenvalue weighted by molar-refractivity contribution is -0.121. The number of carbonyl (C=O) groups is 1. The summed E-state index contributed by atoms with van der Waals surface area (Å²) in [4.78, 5) is 11.9. The van der Waals surface area contributed by atoms with Gasteiger partial charge in [0, 0.05) is 13.6 Å². The molecule has 0 aliphatic heterocycles. The number of carbonyl (C=O) groups excluding carboxylic acids is 1. The maximum absolute atomic E-state index is 12.9. The summed E-state index contributed by atoms with van der Waals surface area (Å²) < 4.78 is 38.5. The zero-order valence-electron chi connectivity index (χ0n) is 14.0. The highest BCUT2D eigenvalue weighted by Gasteiger charge is 2.23. The fourth-order valence-corrected chi connectivity index (χ4v) is 4.17. The average Bonchev–Trinajstić information content (AvgIpc) is 3.05. The van der Waals surface area contributed by atoms with Gasteiger partial charge in [0.2, 0.25) is 15.9 Å². The van der Waals surface area contributed by atoms with Crippen molar-refractivity contribution in [3.63, 3.8) is 0 Å². The van der Waals surface area contributed by atoms with Gasteiger partial charge < -0.3 is 5.32 Å². The molecular formula is C17H25FN2O3S. The van der Waals surface area contributed by atoms with Crippen molar-refractivity contribution in [3.8, 4) is 0 Å². The van der Waals surface area contributed by atoms with E-state index in [1.165, 1.54) is 44.9 Å². The number of hydrogen-bond donors (Lipinski definition) is 1. The molecule has 1 aliphatic carbocycles. The van der Waals surface area contributed by atoms with Gasteiger partial charge >= 0.3 is 0 Å². The standard InChI is InChI=1S/C17H25FN2O3S/c1-20(24(22,23)16-10-8-15(18)9-11-16)13-17(21)19-12-4-7-14-5-2-3-6-14/h8-11,14H,2-7,12-13H2,1H3,(H,19,21). The zero-order valence-corrected chi connectivity index (χ0v) is 14.8. The second-order valence-electron chi connectivity index (χ2n) is 6.36. The summed E-state index contributed by atoms with van der Waals surface area (Å²) in [7, 11) is -2.44. The number of benzene rings is 1. The molecule has 134 valence electrons. The maximum atomic E-state index is 12.9. The van der Waals surface area contributed by atoms with Crippen LogP contribution in [0.3, 0.4) is 0 Å². The summed E-state index contributed by atoms with van der Waals surface area (Å²) in [6.07, 6.45) is 7.22. The quantitative estimate of drug-likeness (QED) is 0.728. The predicted octanol–water partition coefficient (Wildman–Crippen LogP) is 2.53. The van der Waals surface area contributed by atoms with Crippen LogP contribution in [-0.4, -0.2) is 38.8 Å². The lowest BCUT2D eigenvalue weighted by Crippen LogP contribution is -2.38. The van der Waals surface area contributed by atoms with Crippen LogP contribution in [0.2, 0.25) is 0 Å². The Morgan fingerprint density at radius 2 is 1.88 bits per heavy atom. The van der Waals surface area contributed by atoms with Crippen molar-refractivity contribution in [2.45, 2.75) is 43.4 Å². The Balaban J connectivity index is 1.76. The van der Waals surface area contributed by atoms with Crippen molar-refractivity contribution in [2.24, 2.45) is 5.92 Å². The highest BCUT2D eigenvalue weighted by atomic mass is 32.2. The number of amides is 1. The Kier molecular flexibility index (Phi) is 6.74. The van der Waals surface area contributed by atoms with Crippen LogP contribution in [-0.2, 0) is 14.8 Å². The van der Waals surface area contributed by atoms with Gasteiger partial charge in [-0.05, 0) is 43.0 Å². The van der Waals surface area contributed by atoms with Crippen molar-refractivity contribution in [2.75, 3.05) is 20.1 Å². The molecule has 1 aromatic carbocycles. The molecule has 0 spiro atoms. The van der Waals surface area contributed by atoms with E-state index in [2.05, 4.69) is 5.32 Å². The van der Waals surface area contributed by atoms with E-state index in [9.17, 15) is 17.6 Å². The monoisotopic (exact) mass is 356 g/mol. The predicted molar refractivity (Wildman–Crippen MR) is 90.4 cm³/mol. The summed E-state index contributed by atoms with van der Waals surface area (Å²) in [5.41, 5.74) is 0. The number of sulfonamides is 1. The Bertz CT molecular complexity index is 640. The van der Waals surface area contributed by atoms with E-state index >= 15 is 0 Å². The van der Waals surface area contributed by atoms with E-state index in [1.807, 2.05) is 0 Å². The number of hydrogen-bond acceptors (Lipinski definition) is 3. The first-order valence-corrected chi connectivity index (χ1v) is 9.82. The van der Waals surface area contributed by atoms with Gasteiger partial charge in [0.25, 0.3) is 0 Å². The molecule has 0 unspecified atom stereocenters. The Morgan fingerprint density at radius 1 is 1.25 bits per heavy atom. The van der Waals surface area contributed by atoms with E-state index in [0.29, 0.717) is 6.54 Å². The first-order valence-electron chi connectivity index (χ1n) is 8.38. The number of rotatable bonds is 8. The zero-order chi connectivity index (χ0) is 17.6. The van der Waals surface area contributed by atoms with Crippen LogP contribution >= 0.6 is 0 Å². The van der Waals surface area contributed by atoms with Gasteiger partial charge in [0.05, 0.1) is 11.4 Å². The van der Waals surface area contributed by atoms with Crippen molar-refractivity contribution < 1.29 is 17.6 Å². The molecule has 7 heteroatoms. The fraction of sp³-hybridized carbons (Fsp3) is 0.588. The Labute approximate surface area is 143 Å². The molecule has 0 atom stereocenters. The summed E-state index contributed by atoms with van der Waals surface area (Å²) in [5.74, 6) is -0.0466. The van der Waals surface area contributed by atoms with Gasteiger partial charge in [0.15, 0.2) is 0 Å². The summed E-state index contributed by atoms with van der Waals surface area (Å²) in [6, 6.07) is 4.56. The summed E-state index contributed by atoms with van der Waals surface area (Å²) in [6.45, 7) is 0.322. The van der Waals surface area contributed by atoms with Crippen LogP contribution < -0.4 is 5.32 Å². The fourth-order valence-electron chi connectivity index (χ4n) is 3.05. The molecule has 0 saturated heterocycles. The number of nitrogens with zero attached hydrogens (tertiary/aromatic N) is 1. The Morgan fingerprint density at radius 3 is 2.50 bits per heavy atom. The van der Waals surface area contributed by atoms with Crippen LogP contribution in [0.25, 0.3) is 0 Å². The van der Waals surface area contributed by atoms with Gasteiger partial charge in [-0.2, -0.15) is 4.31 Å². The van der Waals surface area contributed by atoms with Gasteiger partial charge in [-0.1, -0.05) is 25.7 Å². The summed E-state index contributed by atoms with van der Waals surface area (Å²) in [5, 5.41) is 2.77. The highest BCUT2D eigenvalue weighted by molar-refractivity contribution is 7.89. The van der Waals surface area contributed by atoms with Gasteiger partial charge in [-0.3, -0.25) is 4.79 Å². The van der Waals surface area contributed by atoms with Gasteiger partial charge in [-0.25, -0.2) is 12.8 Å². The summed E-state index contributed by atoms with van der Waals surface area (Å²) >= 11 is 0. The number of likely N-dealkylation sites (N-methyl/N-ethyl adjacent to an activating group) is 1. The molecule has 1 fully saturated rings. The van der Waals surface area contributed by atoms with Gasteiger partial charge in [-0.15, -0.1) is 0 Å². The minimum absolute atomic E-state index is 0.0274. The van der Waals surface area contributed by atoms with Crippen LogP contribution in [0.1, 0.15) is 38.5 Å². The smallest absolute Gasteiger partial charge is 0.243 e. The van der Waals surface area contributed by atoms with Crippen LogP contribution in [0.4, 0.5) is 4.39 Å². The first kappa shape index (κ1) is 18.9. The van der Waals surface area contributed by atoms with Crippen molar-refractivity contribution in [3.05, 3.63) is 30.1 Å². The molecule has 0 bridgehead atoms. The molecule has 1 amide bonds. The van der Waals surface area contributed by atoms with E-state index in [-0.39, 0.29) is 17.3 Å². The molecular weight excluding hydrogens is 331 g/mol. The van der Waals surface area contributed by atoms with Crippen molar-refractivity contribution in [1.82, 2.24) is 9.62 Å². The van der Waals surface area contributed by atoms with E-state index in [0.717, 1.165) is 35.2 Å². The second-order valence-corrected chi connectivity index (χ2v) is 8.40. The average molecular weight is 356 g/mol. The molecule has 24 heavy (non-hydrogen) atoms. The Hall–Kier alpha value is -1.47. The molecule has 1 N–H and O–H groups in total. The van der Waals surface area contributed by atoms with Crippen LogP contribution in [0.15, 0.2) is 29.2 Å². The third kappa shape index (κ3) is 5.27. The SMILES string of the molecule is CN(CC(=O)NCCCC1CCCC1)S(=O)(=O)c1ccc(F)cc1. The van der Waals surface area contributed by atoms with E-state index < -0.39 is 15.8 Å². The molecule has 0 aromatic heterocycles. The van der Waals surface area contributed by atoms with Gasteiger partial charge in [0.1, 0.15) is 5.82 Å². The topological polar surface area (TPSA) is 66.5 Å². The first-order chi connectivity index (χ1) is 11.4. The third-order valence-electron chi connectivity index (χ3n) is 4.47. The molecule has 1 aliphatic rings. The molecule has 2 rings (SSSR count). The molecule has 0 radical (unpaired) electrons. The molecule has 1 aromatic rings. The minimum atomic E-state index is -3.79. The number of nitrogens with one attached hydrogen (secondary N) is 1. The van der Waals surface area contributed by atoms with Crippen LogP contribution in [0.5, 0.6) is 0 Å². The lowest BCUT2D eigenvalue weighted by Gasteiger charge is -2.17. The lowest BCUT2D eigenvalue weighted by atomic mass is 10.0. The van der Waals surface area contributed by atoms with Crippen molar-refractivity contribution >= 4 is 15.9 Å². The molecule has 1 saturated carbocycles. The van der Waals surface area contributed by atoms with Crippen molar-refractivity contribution in [1.29, 1.82) is 0 Å². The second kappa shape index (κ2) is 8.58. The maximum Gasteiger partial charge on any atom is 0.243 e. The normalized spacial score (nSPS) is 15.8. The van der Waals surface area contributed by atoms with E-state index in [4.69, 9.17) is 0 Å². The van der Waals surface area contributed by atoms with E-state index in [1.54, 1.807) is 0 Å². The molecule has 5 nitrogen and oxygen atoms in total. The minimum Gasteiger partial charge on any atom is -0.355 e. The van der Waals surface area contributed by atoms with Crippen LogP contribution in [0, 0.1) is 11.7 Å². The highest BCUT2D eigenvalue weighted by Crippen LogP contribution is 2.28. The third-order valence-corrected chi connectivity index (χ3v) is 6.29. The molecule has 0 heterocycles.